The van der Waals surface area contributed by atoms with Crippen LogP contribution in [0.2, 0.25) is 0 Å². The third-order valence-corrected chi connectivity index (χ3v) is 5.19. The highest BCUT2D eigenvalue weighted by molar-refractivity contribution is 6.34. The summed E-state index contributed by atoms with van der Waals surface area (Å²) >= 11 is 0. The van der Waals surface area contributed by atoms with Crippen LogP contribution >= 0.6 is 0 Å². The minimum atomic E-state index is -3.08. The molecule has 0 fully saturated rings. The van der Waals surface area contributed by atoms with Gasteiger partial charge in [0.05, 0.1) is 30.5 Å². The molecule has 1 N–H and O–H groups in total. The first-order chi connectivity index (χ1) is 16.8. The van der Waals surface area contributed by atoms with E-state index >= 15 is 0 Å². The maximum absolute atomic E-state index is 13.0. The Morgan fingerprint density at radius 2 is 1.66 bits per heavy atom. The molecule has 0 atom stereocenters. The van der Waals surface area contributed by atoms with Gasteiger partial charge >= 0.3 is 6.61 Å². The molecule has 180 valence electrons. The maximum atomic E-state index is 13.0. The number of hydrogen-bond donors (Lipinski definition) is 1. The zero-order valence-corrected chi connectivity index (χ0v) is 18.7. The van der Waals surface area contributed by atoms with Gasteiger partial charge in [-0.05, 0) is 61.5 Å². The average Bonchev–Trinajstić information content (AvgIpc) is 3.09. The number of imide groups is 1. The normalized spacial score (nSPS) is 12.5. The average molecular weight is 482 g/mol. The summed E-state index contributed by atoms with van der Waals surface area (Å²) < 4.78 is 40.1. The Morgan fingerprint density at radius 1 is 0.943 bits per heavy atom. The number of amides is 3. The summed E-state index contributed by atoms with van der Waals surface area (Å²) in [7, 11) is 1.30. The summed E-state index contributed by atoms with van der Waals surface area (Å²) in [6.45, 7) is -0.751. The summed E-state index contributed by atoms with van der Waals surface area (Å²) in [4.78, 5) is 39.7. The van der Waals surface area contributed by atoms with Crippen molar-refractivity contribution in [1.29, 1.82) is 0 Å². The Hall–Kier alpha value is -4.47. The van der Waals surface area contributed by atoms with Crippen molar-refractivity contribution in [2.75, 3.05) is 23.9 Å². The lowest BCUT2D eigenvalue weighted by atomic mass is 10.1. The van der Waals surface area contributed by atoms with Crippen molar-refractivity contribution in [1.82, 2.24) is 0 Å². The van der Waals surface area contributed by atoms with Crippen molar-refractivity contribution < 1.29 is 37.4 Å². The highest BCUT2D eigenvalue weighted by Gasteiger charge is 2.37. The number of anilines is 2. The molecule has 1 aliphatic heterocycles. The van der Waals surface area contributed by atoms with Crippen molar-refractivity contribution in [2.24, 2.45) is 0 Å². The first-order valence-corrected chi connectivity index (χ1v) is 10.5. The minimum Gasteiger partial charge on any atom is -0.494 e. The van der Waals surface area contributed by atoms with Gasteiger partial charge in [-0.2, -0.15) is 8.78 Å². The molecule has 0 saturated heterocycles. The highest BCUT2D eigenvalue weighted by Crippen LogP contribution is 2.33. The molecular weight excluding hydrogens is 462 g/mol. The largest absolute Gasteiger partial charge is 0.494 e. The fraction of sp³-hybridized carbons (Fsp3) is 0.160. The molecule has 0 aromatic heterocycles. The van der Waals surface area contributed by atoms with E-state index in [1.807, 2.05) is 6.92 Å². The predicted molar refractivity (Wildman–Crippen MR) is 123 cm³/mol. The van der Waals surface area contributed by atoms with Gasteiger partial charge in [0.15, 0.2) is 11.5 Å². The molecule has 1 aliphatic rings. The third-order valence-electron chi connectivity index (χ3n) is 5.19. The van der Waals surface area contributed by atoms with Gasteiger partial charge in [0.2, 0.25) is 0 Å². The number of fused-ring (bicyclic) bond motifs is 1. The summed E-state index contributed by atoms with van der Waals surface area (Å²) in [6.07, 6.45) is 0. The van der Waals surface area contributed by atoms with E-state index in [9.17, 15) is 23.2 Å². The van der Waals surface area contributed by atoms with E-state index in [0.717, 1.165) is 4.90 Å². The van der Waals surface area contributed by atoms with E-state index in [1.165, 1.54) is 43.5 Å². The summed E-state index contributed by atoms with van der Waals surface area (Å²) in [5.41, 5.74) is 0.886. The van der Waals surface area contributed by atoms with Gasteiger partial charge in [-0.1, -0.05) is 0 Å². The zero-order valence-electron chi connectivity index (χ0n) is 18.7. The van der Waals surface area contributed by atoms with Crippen molar-refractivity contribution in [3.63, 3.8) is 0 Å². The molecule has 0 saturated carbocycles. The molecule has 3 aromatic rings. The minimum absolute atomic E-state index is 0.0688. The lowest BCUT2D eigenvalue weighted by Gasteiger charge is -2.14. The van der Waals surface area contributed by atoms with E-state index < -0.39 is 24.3 Å². The first kappa shape index (κ1) is 23.7. The number of benzene rings is 3. The Morgan fingerprint density at radius 3 is 2.31 bits per heavy atom. The highest BCUT2D eigenvalue weighted by atomic mass is 19.3. The molecule has 8 nitrogen and oxygen atoms in total. The molecule has 0 unspecified atom stereocenters. The molecule has 0 bridgehead atoms. The summed E-state index contributed by atoms with van der Waals surface area (Å²) in [5.74, 6) is -1.26. The standard InChI is InChI=1S/C25H20F2N2O6/c1-3-34-17-8-6-16(7-9-17)29-23(31)18-10-4-14(12-19(18)24(29)32)22(30)28-15-5-11-20(33-2)21(13-15)35-25(26)27/h4-13,25H,3H2,1-2H3,(H,28,30). The van der Waals surface area contributed by atoms with E-state index in [-0.39, 0.29) is 33.9 Å². The number of hydrogen-bond acceptors (Lipinski definition) is 6. The number of ether oxygens (including phenoxy) is 3. The van der Waals surface area contributed by atoms with Gasteiger partial charge in [0.25, 0.3) is 17.7 Å². The third kappa shape index (κ3) is 4.77. The van der Waals surface area contributed by atoms with Crippen LogP contribution in [-0.2, 0) is 0 Å². The summed E-state index contributed by atoms with van der Waals surface area (Å²) in [6, 6.07) is 14.6. The molecule has 1 heterocycles. The monoisotopic (exact) mass is 482 g/mol. The number of rotatable bonds is 8. The van der Waals surface area contributed by atoms with Crippen LogP contribution in [0.4, 0.5) is 20.2 Å². The fourth-order valence-corrected chi connectivity index (χ4v) is 3.62. The molecule has 10 heteroatoms. The second-order valence-corrected chi connectivity index (χ2v) is 7.33. The smallest absolute Gasteiger partial charge is 0.387 e. The second kappa shape index (κ2) is 9.80. The molecule has 35 heavy (non-hydrogen) atoms. The topological polar surface area (TPSA) is 94.2 Å². The van der Waals surface area contributed by atoms with Gasteiger partial charge < -0.3 is 19.5 Å². The number of nitrogens with zero attached hydrogens (tertiary/aromatic N) is 1. The number of methoxy groups -OCH3 is 1. The van der Waals surface area contributed by atoms with Crippen LogP contribution in [0.5, 0.6) is 17.2 Å². The van der Waals surface area contributed by atoms with Gasteiger partial charge in [-0.15, -0.1) is 0 Å². The molecule has 3 amide bonds. The van der Waals surface area contributed by atoms with E-state index in [2.05, 4.69) is 10.1 Å². The van der Waals surface area contributed by atoms with Gasteiger partial charge in [0, 0.05) is 17.3 Å². The number of carbonyl (C=O) groups excluding carboxylic acids is 3. The van der Waals surface area contributed by atoms with Crippen molar-refractivity contribution >= 4 is 29.1 Å². The molecule has 3 aromatic carbocycles. The van der Waals surface area contributed by atoms with Crippen LogP contribution in [0.25, 0.3) is 0 Å². The Balaban J connectivity index is 1.55. The van der Waals surface area contributed by atoms with E-state index in [1.54, 1.807) is 24.3 Å². The lowest BCUT2D eigenvalue weighted by Crippen LogP contribution is -2.29. The molecule has 0 spiro atoms. The molecule has 0 radical (unpaired) electrons. The Bertz CT molecular complexity index is 1290. The van der Waals surface area contributed by atoms with Gasteiger partial charge in [-0.25, -0.2) is 4.90 Å². The Labute approximate surface area is 199 Å². The van der Waals surface area contributed by atoms with Crippen LogP contribution in [0.15, 0.2) is 60.7 Å². The van der Waals surface area contributed by atoms with Crippen molar-refractivity contribution in [2.45, 2.75) is 13.5 Å². The Kier molecular flexibility index (Phi) is 6.63. The number of alkyl halides is 2. The molecular formula is C25H20F2N2O6. The number of carbonyl (C=O) groups is 3. The molecule has 4 rings (SSSR count). The lowest BCUT2D eigenvalue weighted by molar-refractivity contribution is -0.0511. The maximum Gasteiger partial charge on any atom is 0.387 e. The van der Waals surface area contributed by atoms with Crippen molar-refractivity contribution in [3.05, 3.63) is 77.4 Å². The van der Waals surface area contributed by atoms with Crippen LogP contribution in [0.3, 0.4) is 0 Å². The van der Waals surface area contributed by atoms with Crippen molar-refractivity contribution in [3.8, 4) is 17.2 Å². The van der Waals surface area contributed by atoms with Gasteiger partial charge in [-0.3, -0.25) is 14.4 Å². The number of halogens is 2. The van der Waals surface area contributed by atoms with E-state index in [0.29, 0.717) is 18.0 Å². The van der Waals surface area contributed by atoms with Gasteiger partial charge in [0.1, 0.15) is 5.75 Å². The zero-order chi connectivity index (χ0) is 25.1. The SMILES string of the molecule is CCOc1ccc(N2C(=O)c3ccc(C(=O)Nc4ccc(OC)c(OC(F)F)c4)cc3C2=O)cc1. The van der Waals surface area contributed by atoms with Crippen LogP contribution in [0, 0.1) is 0 Å². The van der Waals surface area contributed by atoms with Crippen LogP contribution < -0.4 is 24.4 Å². The fourth-order valence-electron chi connectivity index (χ4n) is 3.62. The van der Waals surface area contributed by atoms with E-state index in [4.69, 9.17) is 9.47 Å². The summed E-state index contributed by atoms with van der Waals surface area (Å²) in [5, 5.41) is 2.56. The quantitative estimate of drug-likeness (QED) is 0.466. The second-order valence-electron chi connectivity index (χ2n) is 7.33. The van der Waals surface area contributed by atoms with Crippen LogP contribution in [-0.4, -0.2) is 38.0 Å². The number of nitrogens with one attached hydrogen (secondary N) is 1. The van der Waals surface area contributed by atoms with Crippen LogP contribution in [0.1, 0.15) is 38.0 Å². The first-order valence-electron chi connectivity index (χ1n) is 10.5. The predicted octanol–water partition coefficient (Wildman–Crippen LogP) is 4.75. The molecule has 0 aliphatic carbocycles.